The van der Waals surface area contributed by atoms with Crippen LogP contribution >= 0.6 is 0 Å². The van der Waals surface area contributed by atoms with Crippen molar-refractivity contribution in [1.82, 2.24) is 4.90 Å². The second-order valence-electron chi connectivity index (χ2n) is 5.47. The molecule has 0 spiro atoms. The minimum atomic E-state index is -0.431. The summed E-state index contributed by atoms with van der Waals surface area (Å²) in [7, 11) is 0. The van der Waals surface area contributed by atoms with Crippen LogP contribution in [0.15, 0.2) is 12.7 Å². The molecule has 1 fully saturated rings. The van der Waals surface area contributed by atoms with E-state index < -0.39 is 5.60 Å². The minimum absolute atomic E-state index is 0.124. The molecule has 1 aliphatic rings. The molecule has 16 heavy (non-hydrogen) atoms. The van der Waals surface area contributed by atoms with Crippen LogP contribution in [-0.4, -0.2) is 28.7 Å². The smallest absolute Gasteiger partial charge is 0.411 e. The van der Waals surface area contributed by atoms with Crippen LogP contribution in [-0.2, 0) is 4.74 Å². The fraction of sp³-hybridized carbons (Fsp3) is 0.769. The Kier molecular flexibility index (Phi) is 4.00. The number of rotatable bonds is 1. The third kappa shape index (κ3) is 3.26. The molecule has 0 unspecified atom stereocenters. The number of nitrogens with zero attached hydrogens (tertiary/aromatic N) is 1. The highest BCUT2D eigenvalue weighted by atomic mass is 16.6. The summed E-state index contributed by atoms with van der Waals surface area (Å²) in [4.78, 5) is 13.9. The van der Waals surface area contributed by atoms with Gasteiger partial charge in [-0.2, -0.15) is 0 Å². The van der Waals surface area contributed by atoms with Gasteiger partial charge in [-0.1, -0.05) is 6.08 Å². The lowest BCUT2D eigenvalue weighted by atomic mass is 9.97. The highest BCUT2D eigenvalue weighted by molar-refractivity contribution is 5.69. The van der Waals surface area contributed by atoms with Crippen LogP contribution in [0.3, 0.4) is 0 Å². The highest BCUT2D eigenvalue weighted by Crippen LogP contribution is 2.25. The lowest BCUT2D eigenvalue weighted by molar-refractivity contribution is 0.00365. The van der Waals surface area contributed by atoms with Gasteiger partial charge in [0.2, 0.25) is 0 Å². The van der Waals surface area contributed by atoms with Crippen molar-refractivity contribution in [3.63, 3.8) is 0 Å². The Hall–Kier alpha value is -0.990. The van der Waals surface area contributed by atoms with Gasteiger partial charge in [0, 0.05) is 6.04 Å². The Bertz CT molecular complexity index is 268. The van der Waals surface area contributed by atoms with Crippen LogP contribution in [0.1, 0.15) is 47.0 Å². The molecule has 0 aromatic carbocycles. The number of carbonyl (C=O) groups is 1. The van der Waals surface area contributed by atoms with Crippen LogP contribution in [0.4, 0.5) is 4.79 Å². The first kappa shape index (κ1) is 13.1. The first-order chi connectivity index (χ1) is 7.35. The molecule has 1 saturated heterocycles. The van der Waals surface area contributed by atoms with Crippen molar-refractivity contribution in [2.45, 2.75) is 64.6 Å². The van der Waals surface area contributed by atoms with Crippen LogP contribution in [0, 0.1) is 0 Å². The number of carbonyl (C=O) groups excluding carboxylic acids is 1. The number of hydrogen-bond donors (Lipinski definition) is 0. The summed E-state index contributed by atoms with van der Waals surface area (Å²) < 4.78 is 5.42. The largest absolute Gasteiger partial charge is 0.444 e. The summed E-state index contributed by atoms with van der Waals surface area (Å²) in [5.41, 5.74) is -0.431. The molecular weight excluding hydrogens is 202 g/mol. The molecule has 0 aromatic rings. The summed E-state index contributed by atoms with van der Waals surface area (Å²) in [5.74, 6) is 0. The fourth-order valence-electron chi connectivity index (χ4n) is 2.09. The van der Waals surface area contributed by atoms with Gasteiger partial charge in [0.1, 0.15) is 5.60 Å². The van der Waals surface area contributed by atoms with Gasteiger partial charge in [-0.15, -0.1) is 6.58 Å². The van der Waals surface area contributed by atoms with E-state index in [0.29, 0.717) is 0 Å². The SMILES string of the molecule is C=C[C@@H]1CCC[C@H](C)N1C(=O)OC(C)(C)C. The van der Waals surface area contributed by atoms with Crippen molar-refractivity contribution in [3.8, 4) is 0 Å². The van der Waals surface area contributed by atoms with Crippen molar-refractivity contribution < 1.29 is 9.53 Å². The van der Waals surface area contributed by atoms with E-state index in [9.17, 15) is 4.79 Å². The molecule has 1 rings (SSSR count). The quantitative estimate of drug-likeness (QED) is 0.640. The molecule has 3 heteroatoms. The molecule has 1 amide bonds. The average molecular weight is 225 g/mol. The Labute approximate surface area is 98.5 Å². The summed E-state index contributed by atoms with van der Waals surface area (Å²) in [5, 5.41) is 0. The van der Waals surface area contributed by atoms with Crippen molar-refractivity contribution in [2.24, 2.45) is 0 Å². The van der Waals surface area contributed by atoms with Crippen molar-refractivity contribution in [1.29, 1.82) is 0 Å². The van der Waals surface area contributed by atoms with E-state index >= 15 is 0 Å². The van der Waals surface area contributed by atoms with E-state index in [-0.39, 0.29) is 18.2 Å². The maximum Gasteiger partial charge on any atom is 0.411 e. The van der Waals surface area contributed by atoms with Gasteiger partial charge < -0.3 is 4.74 Å². The lowest BCUT2D eigenvalue weighted by Crippen LogP contribution is -2.49. The molecule has 2 atom stereocenters. The molecule has 0 bridgehead atoms. The highest BCUT2D eigenvalue weighted by Gasteiger charge is 2.33. The molecule has 0 radical (unpaired) electrons. The summed E-state index contributed by atoms with van der Waals surface area (Å²) in [6, 6.07) is 0.366. The van der Waals surface area contributed by atoms with E-state index in [2.05, 4.69) is 13.5 Å². The predicted molar refractivity (Wildman–Crippen MR) is 65.4 cm³/mol. The number of piperidine rings is 1. The van der Waals surface area contributed by atoms with Crippen LogP contribution in [0.25, 0.3) is 0 Å². The zero-order valence-corrected chi connectivity index (χ0v) is 10.8. The van der Waals surface area contributed by atoms with Gasteiger partial charge in [-0.05, 0) is 47.0 Å². The molecule has 0 aromatic heterocycles. The maximum absolute atomic E-state index is 12.0. The fourth-order valence-corrected chi connectivity index (χ4v) is 2.09. The van der Waals surface area contributed by atoms with Crippen molar-refractivity contribution >= 4 is 6.09 Å². The predicted octanol–water partition coefficient (Wildman–Crippen LogP) is 3.35. The normalized spacial score (nSPS) is 26.4. The van der Waals surface area contributed by atoms with Gasteiger partial charge in [0.25, 0.3) is 0 Å². The van der Waals surface area contributed by atoms with Gasteiger partial charge in [0.05, 0.1) is 6.04 Å². The van der Waals surface area contributed by atoms with Crippen LogP contribution in [0.5, 0.6) is 0 Å². The average Bonchev–Trinajstić information content (AvgIpc) is 2.14. The first-order valence-corrected chi connectivity index (χ1v) is 5.99. The third-order valence-corrected chi connectivity index (χ3v) is 2.83. The Morgan fingerprint density at radius 3 is 2.56 bits per heavy atom. The summed E-state index contributed by atoms with van der Waals surface area (Å²) in [6.45, 7) is 11.5. The number of ether oxygens (including phenoxy) is 1. The number of amides is 1. The number of likely N-dealkylation sites (tertiary alicyclic amines) is 1. The van der Waals surface area contributed by atoms with Crippen LogP contribution < -0.4 is 0 Å². The van der Waals surface area contributed by atoms with Gasteiger partial charge >= 0.3 is 6.09 Å². The monoisotopic (exact) mass is 225 g/mol. The van der Waals surface area contributed by atoms with E-state index in [4.69, 9.17) is 4.74 Å². The number of hydrogen-bond acceptors (Lipinski definition) is 2. The maximum atomic E-state index is 12.0. The Morgan fingerprint density at radius 1 is 1.44 bits per heavy atom. The second kappa shape index (κ2) is 4.89. The zero-order chi connectivity index (χ0) is 12.3. The molecule has 1 aliphatic heterocycles. The third-order valence-electron chi connectivity index (χ3n) is 2.83. The molecule has 1 heterocycles. The molecule has 0 N–H and O–H groups in total. The van der Waals surface area contributed by atoms with E-state index in [1.165, 1.54) is 0 Å². The molecule has 0 aliphatic carbocycles. The van der Waals surface area contributed by atoms with Crippen molar-refractivity contribution in [3.05, 3.63) is 12.7 Å². The Balaban J connectivity index is 2.73. The molecular formula is C13H23NO2. The van der Waals surface area contributed by atoms with Crippen LogP contribution in [0.2, 0.25) is 0 Å². The Morgan fingerprint density at radius 2 is 2.06 bits per heavy atom. The van der Waals surface area contributed by atoms with Gasteiger partial charge in [-0.25, -0.2) is 4.79 Å². The lowest BCUT2D eigenvalue weighted by Gasteiger charge is -2.39. The zero-order valence-electron chi connectivity index (χ0n) is 10.8. The van der Waals surface area contributed by atoms with Gasteiger partial charge in [-0.3, -0.25) is 4.90 Å². The topological polar surface area (TPSA) is 29.5 Å². The second-order valence-corrected chi connectivity index (χ2v) is 5.47. The first-order valence-electron chi connectivity index (χ1n) is 5.99. The van der Waals surface area contributed by atoms with E-state index in [1.54, 1.807) is 0 Å². The van der Waals surface area contributed by atoms with Crippen molar-refractivity contribution in [2.75, 3.05) is 0 Å². The molecule has 92 valence electrons. The van der Waals surface area contributed by atoms with E-state index in [0.717, 1.165) is 19.3 Å². The molecule has 0 saturated carbocycles. The van der Waals surface area contributed by atoms with E-state index in [1.807, 2.05) is 31.7 Å². The van der Waals surface area contributed by atoms with Gasteiger partial charge in [0.15, 0.2) is 0 Å². The standard InChI is InChI=1S/C13H23NO2/c1-6-11-9-7-8-10(2)14(11)12(15)16-13(3,4)5/h6,10-11H,1,7-9H2,2-5H3/t10-,11+/m0/s1. The molecule has 3 nitrogen and oxygen atoms in total. The minimum Gasteiger partial charge on any atom is -0.444 e. The summed E-state index contributed by atoms with van der Waals surface area (Å²) >= 11 is 0. The summed E-state index contributed by atoms with van der Waals surface area (Å²) in [6.07, 6.45) is 4.82.